The van der Waals surface area contributed by atoms with Crippen molar-refractivity contribution in [1.82, 2.24) is 10.0 Å². The van der Waals surface area contributed by atoms with E-state index in [-0.39, 0.29) is 23.9 Å². The summed E-state index contributed by atoms with van der Waals surface area (Å²) >= 11 is 0. The number of carbonyl (C=O) groups is 1. The molecule has 0 unspecified atom stereocenters. The molecule has 0 bridgehead atoms. The Morgan fingerprint density at radius 1 is 1.32 bits per heavy atom. The van der Waals surface area contributed by atoms with Crippen LogP contribution in [0.25, 0.3) is 0 Å². The summed E-state index contributed by atoms with van der Waals surface area (Å²) in [6.07, 6.45) is 1.18. The lowest BCUT2D eigenvalue weighted by Gasteiger charge is -2.11. The Balaban J connectivity index is 1.78. The Labute approximate surface area is 130 Å². The molecule has 1 fully saturated rings. The first kappa shape index (κ1) is 16.7. The first-order valence-electron chi connectivity index (χ1n) is 7.06. The number of methoxy groups -OCH3 is 1. The van der Waals surface area contributed by atoms with Crippen LogP contribution >= 0.6 is 0 Å². The van der Waals surface area contributed by atoms with E-state index < -0.39 is 16.1 Å². The van der Waals surface area contributed by atoms with Crippen LogP contribution in [0, 0.1) is 0 Å². The van der Waals surface area contributed by atoms with Gasteiger partial charge in [0, 0.05) is 19.7 Å². The van der Waals surface area contributed by atoms with Gasteiger partial charge in [-0.25, -0.2) is 13.1 Å². The summed E-state index contributed by atoms with van der Waals surface area (Å²) in [6, 6.07) is 6.08. The molecule has 0 aromatic heterocycles. The maximum Gasteiger partial charge on any atom is 0.249 e. The largest absolute Gasteiger partial charge is 0.497 e. The smallest absolute Gasteiger partial charge is 0.249 e. The molecule has 1 heterocycles. The van der Waals surface area contributed by atoms with Crippen molar-refractivity contribution in [3.05, 3.63) is 24.3 Å². The fraction of sp³-hybridized carbons (Fsp3) is 0.500. The third-order valence-electron chi connectivity index (χ3n) is 3.31. The maximum absolute atomic E-state index is 12.0. The van der Waals surface area contributed by atoms with E-state index in [1.165, 1.54) is 19.2 Å². The van der Waals surface area contributed by atoms with Gasteiger partial charge in [0.2, 0.25) is 15.9 Å². The molecule has 2 rings (SSSR count). The third-order valence-corrected chi connectivity index (χ3v) is 4.79. The average Bonchev–Trinajstić information content (AvgIpc) is 3.06. The summed E-state index contributed by atoms with van der Waals surface area (Å²) in [4.78, 5) is 11.8. The molecule has 1 atom stereocenters. The number of benzene rings is 1. The van der Waals surface area contributed by atoms with Gasteiger partial charge in [-0.15, -0.1) is 0 Å². The zero-order valence-corrected chi connectivity index (χ0v) is 13.2. The van der Waals surface area contributed by atoms with Crippen LogP contribution in [0.4, 0.5) is 0 Å². The topological polar surface area (TPSA) is 93.7 Å². The third kappa shape index (κ3) is 4.43. The normalized spacial score (nSPS) is 18.1. The van der Waals surface area contributed by atoms with Gasteiger partial charge in [-0.2, -0.15) is 0 Å². The van der Waals surface area contributed by atoms with E-state index in [2.05, 4.69) is 10.0 Å². The quantitative estimate of drug-likeness (QED) is 0.701. The molecule has 1 aromatic rings. The van der Waals surface area contributed by atoms with Crippen molar-refractivity contribution in [1.29, 1.82) is 0 Å². The van der Waals surface area contributed by atoms with Crippen LogP contribution in [-0.2, 0) is 19.6 Å². The van der Waals surface area contributed by atoms with Gasteiger partial charge >= 0.3 is 0 Å². The predicted molar refractivity (Wildman–Crippen MR) is 80.2 cm³/mol. The van der Waals surface area contributed by atoms with Crippen LogP contribution in [-0.4, -0.2) is 47.2 Å². The van der Waals surface area contributed by atoms with Crippen LogP contribution in [0.2, 0.25) is 0 Å². The highest BCUT2D eigenvalue weighted by atomic mass is 32.2. The molecule has 8 heteroatoms. The molecule has 1 amide bonds. The molecule has 0 aliphatic carbocycles. The highest BCUT2D eigenvalue weighted by Crippen LogP contribution is 2.15. The van der Waals surface area contributed by atoms with Crippen LogP contribution in [0.1, 0.15) is 12.8 Å². The second-order valence-corrected chi connectivity index (χ2v) is 6.63. The van der Waals surface area contributed by atoms with Crippen LogP contribution in [0.15, 0.2) is 29.2 Å². The maximum atomic E-state index is 12.0. The summed E-state index contributed by atoms with van der Waals surface area (Å²) in [5, 5.41) is 2.66. The Kier molecular flexibility index (Phi) is 5.76. The summed E-state index contributed by atoms with van der Waals surface area (Å²) in [6.45, 7) is 0.934. The first-order chi connectivity index (χ1) is 10.5. The molecule has 1 aliphatic rings. The second kappa shape index (κ2) is 7.57. The highest BCUT2D eigenvalue weighted by molar-refractivity contribution is 7.89. The number of carbonyl (C=O) groups excluding carboxylic acids is 1. The molecule has 122 valence electrons. The Bertz CT molecular complexity index is 594. The van der Waals surface area contributed by atoms with Gasteiger partial charge in [0.25, 0.3) is 0 Å². The van der Waals surface area contributed by atoms with Gasteiger partial charge < -0.3 is 14.8 Å². The molecule has 1 saturated heterocycles. The lowest BCUT2D eigenvalue weighted by molar-refractivity contribution is -0.129. The fourth-order valence-electron chi connectivity index (χ4n) is 2.11. The number of nitrogens with one attached hydrogen (secondary N) is 2. The van der Waals surface area contributed by atoms with Crippen molar-refractivity contribution < 1.29 is 22.7 Å². The molecule has 1 aliphatic heterocycles. The van der Waals surface area contributed by atoms with Gasteiger partial charge in [0.1, 0.15) is 11.9 Å². The van der Waals surface area contributed by atoms with E-state index in [4.69, 9.17) is 9.47 Å². The van der Waals surface area contributed by atoms with Crippen molar-refractivity contribution >= 4 is 15.9 Å². The van der Waals surface area contributed by atoms with Gasteiger partial charge in [-0.1, -0.05) is 0 Å². The Morgan fingerprint density at radius 2 is 2.05 bits per heavy atom. The number of hydrogen-bond donors (Lipinski definition) is 2. The molecule has 1 aromatic carbocycles. The number of amides is 1. The van der Waals surface area contributed by atoms with Crippen LogP contribution in [0.3, 0.4) is 0 Å². The lowest BCUT2D eigenvalue weighted by atomic mass is 10.2. The minimum atomic E-state index is -3.59. The van der Waals surface area contributed by atoms with Crippen molar-refractivity contribution in [3.8, 4) is 5.75 Å². The van der Waals surface area contributed by atoms with Crippen LogP contribution in [0.5, 0.6) is 5.75 Å². The highest BCUT2D eigenvalue weighted by Gasteiger charge is 2.23. The molecule has 22 heavy (non-hydrogen) atoms. The zero-order chi connectivity index (χ0) is 16.0. The minimum absolute atomic E-state index is 0.118. The summed E-state index contributed by atoms with van der Waals surface area (Å²) < 4.78 is 36.7. The molecule has 0 radical (unpaired) electrons. The average molecular weight is 328 g/mol. The van der Waals surface area contributed by atoms with Crippen molar-refractivity contribution in [2.45, 2.75) is 23.8 Å². The van der Waals surface area contributed by atoms with Gasteiger partial charge in [-0.05, 0) is 37.1 Å². The minimum Gasteiger partial charge on any atom is -0.497 e. The first-order valence-corrected chi connectivity index (χ1v) is 8.54. The second-order valence-electron chi connectivity index (χ2n) is 4.87. The molecule has 7 nitrogen and oxygen atoms in total. The summed E-state index contributed by atoms with van der Waals surface area (Å²) in [5.41, 5.74) is 0. The van der Waals surface area contributed by atoms with Crippen LogP contribution < -0.4 is 14.8 Å². The summed E-state index contributed by atoms with van der Waals surface area (Å²) in [5.74, 6) is 0.393. The number of ether oxygens (including phenoxy) is 2. The zero-order valence-electron chi connectivity index (χ0n) is 12.4. The van der Waals surface area contributed by atoms with E-state index in [0.29, 0.717) is 18.8 Å². The number of rotatable bonds is 7. The standard InChI is InChI=1S/C14H20N2O5S/c1-20-11-4-6-12(7-5-11)22(18,19)16-9-8-15-14(17)13-3-2-10-21-13/h4-7,13,16H,2-3,8-10H2,1H3,(H,15,17)/t13-/m0/s1. The molecule has 0 spiro atoms. The van der Waals surface area contributed by atoms with E-state index in [9.17, 15) is 13.2 Å². The van der Waals surface area contributed by atoms with Crippen molar-refractivity contribution in [3.63, 3.8) is 0 Å². The van der Waals surface area contributed by atoms with E-state index in [1.54, 1.807) is 12.1 Å². The number of hydrogen-bond acceptors (Lipinski definition) is 5. The molecule has 0 saturated carbocycles. The molecular formula is C14H20N2O5S. The van der Waals surface area contributed by atoms with E-state index in [0.717, 1.165) is 6.42 Å². The Morgan fingerprint density at radius 3 is 2.64 bits per heavy atom. The summed E-state index contributed by atoms with van der Waals surface area (Å²) in [7, 11) is -2.08. The van der Waals surface area contributed by atoms with Crippen molar-refractivity contribution in [2.24, 2.45) is 0 Å². The van der Waals surface area contributed by atoms with E-state index in [1.807, 2.05) is 0 Å². The van der Waals surface area contributed by atoms with Crippen molar-refractivity contribution in [2.75, 3.05) is 26.8 Å². The molecule has 2 N–H and O–H groups in total. The SMILES string of the molecule is COc1ccc(S(=O)(=O)NCCNC(=O)[C@@H]2CCCO2)cc1. The predicted octanol–water partition coefficient (Wildman–Crippen LogP) is 0.269. The monoisotopic (exact) mass is 328 g/mol. The van der Waals surface area contributed by atoms with Gasteiger partial charge in [0.05, 0.1) is 12.0 Å². The van der Waals surface area contributed by atoms with E-state index >= 15 is 0 Å². The lowest BCUT2D eigenvalue weighted by Crippen LogP contribution is -2.39. The Hall–Kier alpha value is -1.64. The molecular weight excluding hydrogens is 308 g/mol. The van der Waals surface area contributed by atoms with Gasteiger partial charge in [-0.3, -0.25) is 4.79 Å². The van der Waals surface area contributed by atoms with Gasteiger partial charge in [0.15, 0.2) is 0 Å². The number of sulfonamides is 1. The fourth-order valence-corrected chi connectivity index (χ4v) is 3.14.